The number of aliphatic hydroxyl groups is 25. The number of carbonyl (C=O) groups is 1. The van der Waals surface area contributed by atoms with E-state index in [1.807, 2.05) is 6.92 Å². The summed E-state index contributed by atoms with van der Waals surface area (Å²) in [5.74, 6) is -4.51. The van der Waals surface area contributed by atoms with Crippen LogP contribution in [0.5, 0.6) is 0 Å². The van der Waals surface area contributed by atoms with Crippen LogP contribution in [0.3, 0.4) is 0 Å². The summed E-state index contributed by atoms with van der Waals surface area (Å²) in [6.07, 6.45) is -50.5. The normalized spacial score (nSPS) is 35.3. The van der Waals surface area contributed by atoms with Crippen molar-refractivity contribution in [3.05, 3.63) is 23.7 Å². The predicted molar refractivity (Wildman–Crippen MR) is 294 cm³/mol. The number of ether oxygens (including phenoxy) is 7. The molecule has 5 fully saturated rings. The van der Waals surface area contributed by atoms with Gasteiger partial charge in [-0.25, -0.2) is 0 Å². The first-order valence-corrected chi connectivity index (χ1v) is 29.9. The summed E-state index contributed by atoms with van der Waals surface area (Å²) >= 11 is 0. The Morgan fingerprint density at radius 1 is 0.584 bits per heavy atom. The van der Waals surface area contributed by atoms with Gasteiger partial charge in [-0.15, -0.1) is 0 Å². The molecule has 33 nitrogen and oxygen atoms in total. The quantitative estimate of drug-likeness (QED) is 0.00903. The summed E-state index contributed by atoms with van der Waals surface area (Å²) in [6, 6.07) is 0. The van der Waals surface area contributed by atoms with Gasteiger partial charge in [-0.3, -0.25) is 4.79 Å². The molecule has 0 aromatic rings. The fraction of sp³-hybridized carbons (Fsp3) is 0.911. The predicted octanol–water partition coefficient (Wildman–Crippen LogP) is -7.94. The van der Waals surface area contributed by atoms with Gasteiger partial charge in [0.1, 0.15) is 73.2 Å². The van der Waals surface area contributed by atoms with Crippen molar-refractivity contribution in [2.75, 3.05) is 39.6 Å². The molecule has 5 aliphatic rings. The molecule has 4 saturated carbocycles. The van der Waals surface area contributed by atoms with Crippen LogP contribution in [0, 0.1) is 28.1 Å². The lowest BCUT2D eigenvalue weighted by Gasteiger charge is -2.64. The van der Waals surface area contributed by atoms with Gasteiger partial charge >= 0.3 is 5.97 Å². The first-order valence-electron chi connectivity index (χ1n) is 29.9. The summed E-state index contributed by atoms with van der Waals surface area (Å²) in [4.78, 5) is 14.7. The van der Waals surface area contributed by atoms with E-state index in [0.29, 0.717) is 37.7 Å². The minimum Gasteiger partial charge on any atom is -0.506 e. The van der Waals surface area contributed by atoms with Gasteiger partial charge in [-0.05, 0) is 112 Å². The van der Waals surface area contributed by atoms with Crippen molar-refractivity contribution >= 4 is 5.97 Å². The third-order valence-corrected chi connectivity index (χ3v) is 19.1. The summed E-state index contributed by atoms with van der Waals surface area (Å²) in [5, 5.41) is 263. The van der Waals surface area contributed by atoms with Crippen LogP contribution in [0.15, 0.2) is 23.7 Å². The lowest BCUT2D eigenvalue weighted by atomic mass is 9.41. The van der Waals surface area contributed by atoms with Crippen LogP contribution in [0.2, 0.25) is 0 Å². The molecule has 24 unspecified atom stereocenters. The zero-order chi connectivity index (χ0) is 66.8. The average Bonchev–Trinajstić information content (AvgIpc) is 1.64. The molecule has 25 N–H and O–H groups in total. The second kappa shape index (κ2) is 33.2. The molecule has 29 atom stereocenters. The molecule has 1 aliphatic heterocycles. The summed E-state index contributed by atoms with van der Waals surface area (Å²) < 4.78 is 41.1. The minimum absolute atomic E-state index is 0.0896. The summed E-state index contributed by atoms with van der Waals surface area (Å²) in [6.45, 7) is 3.68. The van der Waals surface area contributed by atoms with Gasteiger partial charge in [0.25, 0.3) is 0 Å². The smallest absolute Gasteiger partial charge is 0.314 e. The summed E-state index contributed by atoms with van der Waals surface area (Å²) in [5.41, 5.74) is -3.84. The van der Waals surface area contributed by atoms with E-state index in [9.17, 15) is 132 Å². The zero-order valence-electron chi connectivity index (χ0n) is 49.7. The van der Waals surface area contributed by atoms with Gasteiger partial charge in [-0.2, -0.15) is 0 Å². The Bertz CT molecular complexity index is 2220. The van der Waals surface area contributed by atoms with Gasteiger partial charge in [0.05, 0.1) is 42.0 Å². The largest absolute Gasteiger partial charge is 0.506 e. The average molecular weight is 1300 g/mol. The van der Waals surface area contributed by atoms with Crippen molar-refractivity contribution in [2.45, 2.75) is 251 Å². The third-order valence-electron chi connectivity index (χ3n) is 19.1. The highest BCUT2D eigenvalue weighted by atomic mass is 16.8. The molecular formula is C56H98O33. The fourth-order valence-corrected chi connectivity index (χ4v) is 14.2. The fourth-order valence-electron chi connectivity index (χ4n) is 14.2. The number of rotatable bonds is 37. The van der Waals surface area contributed by atoms with Crippen molar-refractivity contribution in [2.24, 2.45) is 28.1 Å². The Hall–Kier alpha value is -2.61. The van der Waals surface area contributed by atoms with Crippen LogP contribution in [0.25, 0.3) is 0 Å². The van der Waals surface area contributed by atoms with Crippen LogP contribution in [-0.4, -0.2) is 320 Å². The molecule has 5 rings (SSSR count). The molecule has 0 radical (unpaired) electrons. The van der Waals surface area contributed by atoms with Crippen molar-refractivity contribution in [1.82, 2.24) is 0 Å². The number of carbonyl (C=O) groups excluding carboxylic acids is 1. The molecule has 0 amide bonds. The second-order valence-electron chi connectivity index (χ2n) is 24.9. The Morgan fingerprint density at radius 2 is 1.09 bits per heavy atom. The highest BCUT2D eigenvalue weighted by Gasteiger charge is 2.69. The van der Waals surface area contributed by atoms with E-state index in [-0.39, 0.29) is 31.6 Å². The zero-order valence-corrected chi connectivity index (χ0v) is 49.7. The van der Waals surface area contributed by atoms with Crippen molar-refractivity contribution in [3.8, 4) is 0 Å². The number of esters is 1. The Labute approximate surface area is 512 Å². The molecule has 1 saturated heterocycles. The Morgan fingerprint density at radius 3 is 1.63 bits per heavy atom. The highest BCUT2D eigenvalue weighted by Crippen LogP contribution is 2.74. The second-order valence-corrected chi connectivity index (χ2v) is 24.9. The van der Waals surface area contributed by atoms with Crippen molar-refractivity contribution in [1.29, 1.82) is 0 Å². The summed E-state index contributed by atoms with van der Waals surface area (Å²) in [7, 11) is 0. The van der Waals surface area contributed by atoms with E-state index >= 15 is 0 Å². The molecule has 0 aromatic carbocycles. The van der Waals surface area contributed by atoms with Crippen LogP contribution in [0.4, 0.5) is 0 Å². The Kier molecular flexibility index (Phi) is 28.7. The number of hydrogen-bond acceptors (Lipinski definition) is 33. The Balaban J connectivity index is 1.50. The van der Waals surface area contributed by atoms with E-state index in [1.165, 1.54) is 0 Å². The molecular weight excluding hydrogens is 1200 g/mol. The lowest BCUT2D eigenvalue weighted by Crippen LogP contribution is -2.65. The van der Waals surface area contributed by atoms with Crippen molar-refractivity contribution in [3.63, 3.8) is 0 Å². The van der Waals surface area contributed by atoms with E-state index < -0.39 is 259 Å². The molecule has 1 spiro atoms. The maximum absolute atomic E-state index is 14.7. The van der Waals surface area contributed by atoms with Gasteiger partial charge in [0.15, 0.2) is 42.8 Å². The third kappa shape index (κ3) is 17.3. The van der Waals surface area contributed by atoms with E-state index in [0.717, 1.165) is 0 Å². The van der Waals surface area contributed by atoms with Gasteiger partial charge < -0.3 is 161 Å². The van der Waals surface area contributed by atoms with Gasteiger partial charge in [0.2, 0.25) is 12.6 Å². The van der Waals surface area contributed by atoms with Crippen LogP contribution in [0.1, 0.15) is 104 Å². The number of aliphatic hydroxyl groups excluding tert-OH is 25. The van der Waals surface area contributed by atoms with E-state index in [1.54, 1.807) is 6.92 Å². The number of fused-ring (bicyclic) bond motifs is 3. The molecule has 1 heterocycles. The van der Waals surface area contributed by atoms with Crippen LogP contribution >= 0.6 is 0 Å². The minimum atomic E-state index is -2.72. The molecule has 2 bridgehead atoms. The number of hydrogen-bond donors (Lipinski definition) is 25. The maximum Gasteiger partial charge on any atom is 0.314 e. The SMILES string of the molecule is C=C1C[C@@]23CCC4[C@](C)(C(=O)OC(O)C(OC(O)C(O)C(O)C(O)CCO)C(O)C(O)CCO)CCC[C@@]4(C)[C@@H]2CC[C@]1(OC1OC(COC(O)C(O)C(O)C(O)CCO)C(O)C(OC(O)C(O)C(O)C(O)CCO)C1OC(O)/C(O)=C(\O)C(O)CCO)C3. The topological polar surface area (TPSA) is 587 Å². The van der Waals surface area contributed by atoms with Crippen LogP contribution in [-0.2, 0) is 38.0 Å². The van der Waals surface area contributed by atoms with Crippen molar-refractivity contribution < 1.29 is 166 Å². The molecule has 33 heteroatoms. The monoisotopic (exact) mass is 1300 g/mol. The molecule has 0 aromatic heterocycles. The van der Waals surface area contributed by atoms with Gasteiger partial charge in [-0.1, -0.05) is 19.9 Å². The van der Waals surface area contributed by atoms with E-state index in [2.05, 4.69) is 6.58 Å². The first-order chi connectivity index (χ1) is 41.7. The van der Waals surface area contributed by atoms with Gasteiger partial charge in [0, 0.05) is 39.5 Å². The standard InChI is InChI=1S/C56H98O33/c1-24-21-55-14-5-31-53(2,12-4-13-54(31,3)52(82)88-50(81)44(37(71)29(66)11-20-61)86-48(79)41(75)35(69)27(64)9-18-59)32(55)6-15-56(24,23-55)89-51-45(87-49(80)42(76)36(70)28(65)10-19-60)43(85-47(78)40(74)34(68)26(63)8-17-58)38(72)30(84-51)22-83-46(77)39(73)33(67)25(62)7-16-57/h25-35,37-41,43-51,57-81H,1,4-23H2,2-3H3/b42-36+/t25?,26?,27?,28?,29?,30?,31?,32-,33?,34?,35?,37?,38?,39?,40?,41?,43?,44?,45?,46?,47?,48?,49?,50?,51?,53+,54+,55+,56-/m0/s1. The molecule has 89 heavy (non-hydrogen) atoms. The highest BCUT2D eigenvalue weighted by molar-refractivity contribution is 5.77. The molecule has 4 aliphatic carbocycles. The molecule has 520 valence electrons. The van der Waals surface area contributed by atoms with E-state index in [4.69, 9.17) is 33.2 Å². The first kappa shape index (κ1) is 77.1. The maximum atomic E-state index is 14.7. The van der Waals surface area contributed by atoms with Crippen LogP contribution < -0.4 is 0 Å². The lowest BCUT2D eigenvalue weighted by molar-refractivity contribution is -0.372.